The third-order valence-electron chi connectivity index (χ3n) is 12.0. The van der Waals surface area contributed by atoms with Crippen LogP contribution in [0, 0.1) is 22.7 Å². The van der Waals surface area contributed by atoms with Gasteiger partial charge in [-0.3, -0.25) is 14.9 Å². The van der Waals surface area contributed by atoms with Crippen LogP contribution in [0.5, 0.6) is 5.75 Å². The molecule has 1 saturated heterocycles. The molecule has 0 spiro atoms. The number of ether oxygens (including phenoxy) is 4. The first-order valence-electron chi connectivity index (χ1n) is 17.4. The van der Waals surface area contributed by atoms with Gasteiger partial charge in [-0.05, 0) is 86.1 Å². The fourth-order valence-electron chi connectivity index (χ4n) is 9.65. The molecule has 5 aliphatic rings. The summed E-state index contributed by atoms with van der Waals surface area (Å²) in [7, 11) is 0. The molecule has 2 aromatic rings. The van der Waals surface area contributed by atoms with Gasteiger partial charge >= 0.3 is 6.09 Å². The number of carbonyl (C=O) groups is 3. The fraction of sp³-hybridized carbons (Fsp3) is 0.513. The zero-order valence-electron chi connectivity index (χ0n) is 28.4. The maximum Gasteiger partial charge on any atom is 0.411 e. The smallest absolute Gasteiger partial charge is 0.411 e. The molecule has 0 radical (unpaired) electrons. The summed E-state index contributed by atoms with van der Waals surface area (Å²) in [5, 5.41) is 14.4. The fourth-order valence-corrected chi connectivity index (χ4v) is 9.65. The first kappa shape index (κ1) is 34.5. The lowest BCUT2D eigenvalue weighted by molar-refractivity contribution is -0.234. The van der Waals surface area contributed by atoms with Crippen molar-refractivity contribution in [3.05, 3.63) is 84.0 Å². The Labute approximate surface area is 290 Å². The molecular formula is C39H43F2NO8. The molecular weight excluding hydrogens is 648 g/mol. The Kier molecular flexibility index (Phi) is 8.76. The van der Waals surface area contributed by atoms with E-state index in [1.54, 1.807) is 31.2 Å². The van der Waals surface area contributed by atoms with Crippen molar-refractivity contribution < 1.29 is 47.2 Å². The van der Waals surface area contributed by atoms with E-state index in [9.17, 15) is 19.5 Å². The summed E-state index contributed by atoms with van der Waals surface area (Å²) in [5.74, 6) is -1.99. The van der Waals surface area contributed by atoms with Crippen molar-refractivity contribution in [3.63, 3.8) is 0 Å². The molecule has 1 amide bonds. The molecule has 7 rings (SSSR count). The predicted molar refractivity (Wildman–Crippen MR) is 179 cm³/mol. The first-order chi connectivity index (χ1) is 23.9. The molecule has 11 heteroatoms. The van der Waals surface area contributed by atoms with E-state index in [1.165, 1.54) is 12.2 Å². The molecule has 10 atom stereocenters. The second kappa shape index (κ2) is 12.7. The highest BCUT2D eigenvalue weighted by Gasteiger charge is 2.80. The highest BCUT2D eigenvalue weighted by Crippen LogP contribution is 2.72. The molecule has 266 valence electrons. The quantitative estimate of drug-likeness (QED) is 0.302. The van der Waals surface area contributed by atoms with Gasteiger partial charge in [0.1, 0.15) is 25.1 Å². The van der Waals surface area contributed by atoms with Crippen LogP contribution in [0.25, 0.3) is 0 Å². The van der Waals surface area contributed by atoms with E-state index in [4.69, 9.17) is 18.9 Å². The number of benzene rings is 2. The molecule has 0 aromatic heterocycles. The van der Waals surface area contributed by atoms with Crippen LogP contribution < -0.4 is 10.1 Å². The number of hydrogen-bond donors (Lipinski definition) is 2. The van der Waals surface area contributed by atoms with Crippen LogP contribution in [0.3, 0.4) is 0 Å². The SMILES string of the molecule is CCCC1O[C@@H]2C[C@H]3[C@@H]4C[C@H](F)C5=CC(=O)C=C[C@]5(C)[C@@]4(F)[C@@H](O)C[C@]3(C)[C@]2(C(=O)COc2ccc(NC(=O)OCc3ccccc3)cc2)O1. The molecule has 9 nitrogen and oxygen atoms in total. The van der Waals surface area contributed by atoms with Gasteiger partial charge in [0.25, 0.3) is 0 Å². The maximum absolute atomic E-state index is 17.7. The number of anilines is 1. The second-order valence-electron chi connectivity index (χ2n) is 14.7. The third kappa shape index (κ3) is 5.23. The summed E-state index contributed by atoms with van der Waals surface area (Å²) in [4.78, 5) is 38.9. The van der Waals surface area contributed by atoms with Gasteiger partial charge in [0.15, 0.2) is 23.3 Å². The van der Waals surface area contributed by atoms with Gasteiger partial charge < -0.3 is 24.1 Å². The third-order valence-corrected chi connectivity index (χ3v) is 12.0. The van der Waals surface area contributed by atoms with Gasteiger partial charge in [-0.2, -0.15) is 0 Å². The maximum atomic E-state index is 17.7. The van der Waals surface area contributed by atoms with E-state index in [0.717, 1.165) is 18.1 Å². The average molecular weight is 692 g/mol. The molecule has 4 aliphatic carbocycles. The number of allylic oxidation sites excluding steroid dienone is 4. The normalized spacial score (nSPS) is 38.3. The van der Waals surface area contributed by atoms with Gasteiger partial charge in [-0.25, -0.2) is 13.6 Å². The zero-order valence-corrected chi connectivity index (χ0v) is 28.4. The molecule has 3 saturated carbocycles. The average Bonchev–Trinajstić information content (AvgIpc) is 3.58. The van der Waals surface area contributed by atoms with Crippen molar-refractivity contribution in [2.75, 3.05) is 11.9 Å². The minimum atomic E-state index is -2.28. The molecule has 1 heterocycles. The van der Waals surface area contributed by atoms with Crippen LogP contribution in [0.15, 0.2) is 78.4 Å². The van der Waals surface area contributed by atoms with E-state index in [-0.39, 0.29) is 31.4 Å². The van der Waals surface area contributed by atoms with Gasteiger partial charge in [-0.15, -0.1) is 0 Å². The minimum Gasteiger partial charge on any atom is -0.486 e. The van der Waals surface area contributed by atoms with Crippen molar-refractivity contribution in [3.8, 4) is 5.75 Å². The molecule has 50 heavy (non-hydrogen) atoms. The summed E-state index contributed by atoms with van der Waals surface area (Å²) in [6, 6.07) is 15.8. The van der Waals surface area contributed by atoms with Crippen LogP contribution in [0.4, 0.5) is 19.3 Å². The van der Waals surface area contributed by atoms with Crippen LogP contribution in [0.1, 0.15) is 58.4 Å². The number of alkyl halides is 2. The summed E-state index contributed by atoms with van der Waals surface area (Å²) in [6.07, 6.45) is -0.252. The van der Waals surface area contributed by atoms with E-state index in [0.29, 0.717) is 17.9 Å². The molecule has 1 aliphatic heterocycles. The number of aliphatic hydroxyl groups is 1. The van der Waals surface area contributed by atoms with Crippen molar-refractivity contribution >= 4 is 23.3 Å². The number of ketones is 2. The minimum absolute atomic E-state index is 0.0459. The first-order valence-corrected chi connectivity index (χ1v) is 17.4. The van der Waals surface area contributed by atoms with Gasteiger partial charge in [-0.1, -0.05) is 56.7 Å². The van der Waals surface area contributed by atoms with Crippen LogP contribution in [-0.4, -0.2) is 65.3 Å². The Morgan fingerprint density at radius 1 is 1.06 bits per heavy atom. The lowest BCUT2D eigenvalue weighted by atomic mass is 9.44. The van der Waals surface area contributed by atoms with Gasteiger partial charge in [0, 0.05) is 22.4 Å². The van der Waals surface area contributed by atoms with Crippen molar-refractivity contribution in [1.82, 2.24) is 0 Å². The Hall–Kier alpha value is -3.93. The predicted octanol–water partition coefficient (Wildman–Crippen LogP) is 6.59. The lowest BCUT2D eigenvalue weighted by Gasteiger charge is -2.63. The Morgan fingerprint density at radius 2 is 1.80 bits per heavy atom. The number of rotatable bonds is 9. The van der Waals surface area contributed by atoms with Crippen molar-refractivity contribution in [2.24, 2.45) is 22.7 Å². The number of amides is 1. The number of Topliss-reactive ketones (excluding diaryl/α,β-unsaturated/α-hetero) is 1. The zero-order chi connectivity index (χ0) is 35.5. The molecule has 2 aromatic carbocycles. The monoisotopic (exact) mass is 691 g/mol. The summed E-state index contributed by atoms with van der Waals surface area (Å²) < 4.78 is 57.8. The summed E-state index contributed by atoms with van der Waals surface area (Å²) in [6.45, 7) is 5.08. The molecule has 0 bridgehead atoms. The molecule has 2 N–H and O–H groups in total. The van der Waals surface area contributed by atoms with Crippen LogP contribution in [-0.2, 0) is 30.4 Å². The van der Waals surface area contributed by atoms with Gasteiger partial charge in [0.2, 0.25) is 5.78 Å². The highest BCUT2D eigenvalue weighted by molar-refractivity contribution is 6.01. The Balaban J connectivity index is 1.10. The van der Waals surface area contributed by atoms with E-state index in [1.807, 2.05) is 44.2 Å². The van der Waals surface area contributed by atoms with Crippen molar-refractivity contribution in [2.45, 2.75) is 95.4 Å². The largest absolute Gasteiger partial charge is 0.486 e. The van der Waals surface area contributed by atoms with Gasteiger partial charge in [0.05, 0.1) is 12.2 Å². The molecule has 1 unspecified atom stereocenters. The summed E-state index contributed by atoms with van der Waals surface area (Å²) >= 11 is 0. The van der Waals surface area contributed by atoms with E-state index >= 15 is 8.78 Å². The van der Waals surface area contributed by atoms with Crippen LogP contribution >= 0.6 is 0 Å². The Morgan fingerprint density at radius 3 is 2.52 bits per heavy atom. The number of aliphatic hydroxyl groups excluding tert-OH is 1. The number of nitrogens with one attached hydrogen (secondary N) is 1. The number of carbonyl (C=O) groups excluding carboxylic acids is 3. The molecule has 4 fully saturated rings. The number of halogens is 2. The number of hydrogen-bond acceptors (Lipinski definition) is 8. The van der Waals surface area contributed by atoms with Crippen molar-refractivity contribution in [1.29, 1.82) is 0 Å². The van der Waals surface area contributed by atoms with Crippen LogP contribution in [0.2, 0.25) is 0 Å². The van der Waals surface area contributed by atoms with E-state index in [2.05, 4.69) is 5.32 Å². The Bertz CT molecular complexity index is 1720. The number of fused-ring (bicyclic) bond motifs is 7. The highest BCUT2D eigenvalue weighted by atomic mass is 19.1. The summed E-state index contributed by atoms with van der Waals surface area (Å²) in [5.41, 5.74) is -5.12. The second-order valence-corrected chi connectivity index (χ2v) is 14.7. The lowest BCUT2D eigenvalue weighted by Crippen LogP contribution is -2.71. The topological polar surface area (TPSA) is 120 Å². The van der Waals surface area contributed by atoms with E-state index < -0.39 is 82.9 Å². The standard InChI is InChI=1S/C39H43F2NO8/c1-4-8-34-49-33-19-27-28-18-30(40)29-17-25(43)15-16-36(29,2)38(28,41)31(44)20-37(27,3)39(33,50-34)32(45)22-47-26-13-11-24(12-14-26)42-35(46)48-21-23-9-6-5-7-10-23/h5-7,9-17,27-28,30-31,33-34,44H,4,8,18-22H2,1-3H3,(H,42,46)/t27-,28-,30-,31-,33+,34?,36-,37-,38-,39+/m0/s1.